The van der Waals surface area contributed by atoms with E-state index in [1.165, 1.54) is 0 Å². The topological polar surface area (TPSA) is 76.4 Å². The van der Waals surface area contributed by atoms with Crippen LogP contribution in [0.25, 0.3) is 33.4 Å². The van der Waals surface area contributed by atoms with Gasteiger partial charge in [-0.05, 0) is 42.0 Å². The second-order valence-electron chi connectivity index (χ2n) is 8.63. The third-order valence-corrected chi connectivity index (χ3v) is 6.70. The Kier molecular flexibility index (Phi) is 6.05. The first kappa shape index (κ1) is 22.5. The van der Waals surface area contributed by atoms with E-state index in [-0.39, 0.29) is 12.1 Å². The monoisotopic (exact) mass is 520 g/mol. The molecule has 2 aromatic carbocycles. The molecule has 0 N–H and O–H groups in total. The third kappa shape index (κ3) is 4.28. The zero-order valence-corrected chi connectivity index (χ0v) is 20.9. The van der Waals surface area contributed by atoms with Crippen LogP contribution in [-0.2, 0) is 7.05 Å². The normalized spacial score (nSPS) is 16.7. The minimum atomic E-state index is -0.356. The number of amides is 1. The van der Waals surface area contributed by atoms with Crippen molar-refractivity contribution < 1.29 is 9.53 Å². The van der Waals surface area contributed by atoms with Crippen LogP contribution < -0.4 is 4.74 Å². The zero-order chi connectivity index (χ0) is 23.8. The summed E-state index contributed by atoms with van der Waals surface area (Å²) in [5, 5.41) is 5.46. The van der Waals surface area contributed by atoms with Crippen LogP contribution in [0, 0.1) is 0 Å². The lowest BCUT2D eigenvalue weighted by Crippen LogP contribution is -2.53. The molecule has 1 fully saturated rings. The Morgan fingerprint density at radius 3 is 2.65 bits per heavy atom. The highest BCUT2D eigenvalue weighted by molar-refractivity contribution is 9.10. The summed E-state index contributed by atoms with van der Waals surface area (Å²) in [7, 11) is 3.95. The predicted molar refractivity (Wildman–Crippen MR) is 135 cm³/mol. The van der Waals surface area contributed by atoms with Crippen molar-refractivity contribution in [1.82, 2.24) is 29.5 Å². The van der Waals surface area contributed by atoms with Crippen molar-refractivity contribution in [2.45, 2.75) is 13.0 Å². The molecule has 2 aromatic heterocycles. The average Bonchev–Trinajstić information content (AvgIpc) is 3.21. The highest BCUT2D eigenvalue weighted by Crippen LogP contribution is 2.37. The number of piperazine rings is 1. The first-order chi connectivity index (χ1) is 16.4. The molecule has 5 rings (SSSR count). The van der Waals surface area contributed by atoms with Crippen LogP contribution in [0.2, 0.25) is 0 Å². The molecule has 0 unspecified atom stereocenters. The minimum absolute atomic E-state index is 0.0770. The maximum Gasteiger partial charge on any atom is 0.415 e. The van der Waals surface area contributed by atoms with Crippen LogP contribution in [0.1, 0.15) is 6.92 Å². The van der Waals surface area contributed by atoms with E-state index in [1.807, 2.05) is 62.6 Å². The summed E-state index contributed by atoms with van der Waals surface area (Å²) in [6.07, 6.45) is 3.14. The smallest absolute Gasteiger partial charge is 0.409 e. The molecule has 0 spiro atoms. The van der Waals surface area contributed by atoms with Gasteiger partial charge in [0.15, 0.2) is 0 Å². The number of ether oxygens (including phenoxy) is 1. The van der Waals surface area contributed by atoms with Crippen LogP contribution >= 0.6 is 15.9 Å². The molecule has 1 aliphatic rings. The van der Waals surface area contributed by atoms with Crippen LogP contribution in [0.5, 0.6) is 5.75 Å². The van der Waals surface area contributed by atoms with E-state index in [9.17, 15) is 4.79 Å². The zero-order valence-electron chi connectivity index (χ0n) is 19.3. The van der Waals surface area contributed by atoms with Crippen LogP contribution in [0.15, 0.2) is 59.5 Å². The summed E-state index contributed by atoms with van der Waals surface area (Å²) in [5.41, 5.74) is 4.18. The predicted octanol–water partition coefficient (Wildman–Crippen LogP) is 4.59. The molecule has 4 aromatic rings. The quantitative estimate of drug-likeness (QED) is 0.393. The molecule has 0 aliphatic carbocycles. The molecule has 1 atom stereocenters. The molecular formula is C25H25BrN6O2. The van der Waals surface area contributed by atoms with E-state index in [2.05, 4.69) is 42.9 Å². The molecule has 0 bridgehead atoms. The number of aryl methyl sites for hydroxylation is 1. The van der Waals surface area contributed by atoms with E-state index in [0.717, 1.165) is 46.5 Å². The summed E-state index contributed by atoms with van der Waals surface area (Å²) in [5.74, 6) is 0.435. The second-order valence-corrected chi connectivity index (χ2v) is 9.48. The molecule has 1 aliphatic heterocycles. The summed E-state index contributed by atoms with van der Waals surface area (Å²) >= 11 is 3.55. The number of benzene rings is 2. The Bertz CT molecular complexity index is 1360. The molecule has 9 heteroatoms. The van der Waals surface area contributed by atoms with Gasteiger partial charge in [0, 0.05) is 55.4 Å². The number of hydrogen-bond donors (Lipinski definition) is 0. The lowest BCUT2D eigenvalue weighted by atomic mass is 10.0. The fourth-order valence-electron chi connectivity index (χ4n) is 4.39. The van der Waals surface area contributed by atoms with Crippen LogP contribution in [0.4, 0.5) is 4.79 Å². The molecule has 174 valence electrons. The summed E-state index contributed by atoms with van der Waals surface area (Å²) < 4.78 is 8.29. The number of likely N-dealkylation sites (N-methyl/N-ethyl adjacent to an activating group) is 1. The summed E-state index contributed by atoms with van der Waals surface area (Å²) in [4.78, 5) is 26.0. The fraction of sp³-hybridized carbons (Fsp3) is 0.280. The number of carbonyl (C=O) groups excluding carboxylic acids is 1. The minimum Gasteiger partial charge on any atom is -0.409 e. The van der Waals surface area contributed by atoms with Gasteiger partial charge in [0.2, 0.25) is 0 Å². The van der Waals surface area contributed by atoms with Crippen molar-refractivity contribution in [2.24, 2.45) is 7.05 Å². The number of nitrogens with zero attached hydrogens (tertiary/aromatic N) is 6. The largest absolute Gasteiger partial charge is 0.415 e. The van der Waals surface area contributed by atoms with Crippen molar-refractivity contribution >= 4 is 32.9 Å². The SMILES string of the molecule is C[C@H]1CN(C)CCN1C(=O)Oc1cc2c(-c3cn(C)nc3-c3ccccc3)ncnc2cc1Br. The molecule has 8 nitrogen and oxygen atoms in total. The Labute approximate surface area is 206 Å². The Balaban J connectivity index is 1.55. The van der Waals surface area contributed by atoms with Gasteiger partial charge in [0.25, 0.3) is 0 Å². The van der Waals surface area contributed by atoms with Crippen molar-refractivity contribution in [3.05, 3.63) is 59.5 Å². The fourth-order valence-corrected chi connectivity index (χ4v) is 4.80. The van der Waals surface area contributed by atoms with Crippen molar-refractivity contribution in [1.29, 1.82) is 0 Å². The maximum absolute atomic E-state index is 13.0. The number of fused-ring (bicyclic) bond motifs is 1. The molecule has 3 heterocycles. The Morgan fingerprint density at radius 2 is 1.88 bits per heavy atom. The van der Waals surface area contributed by atoms with Gasteiger partial charge < -0.3 is 14.5 Å². The van der Waals surface area contributed by atoms with E-state index in [0.29, 0.717) is 16.8 Å². The summed E-state index contributed by atoms with van der Waals surface area (Å²) in [6.45, 7) is 4.30. The molecular weight excluding hydrogens is 496 g/mol. The van der Waals surface area contributed by atoms with Crippen molar-refractivity contribution in [3.8, 4) is 28.3 Å². The van der Waals surface area contributed by atoms with Gasteiger partial charge in [0.05, 0.1) is 15.7 Å². The van der Waals surface area contributed by atoms with Gasteiger partial charge in [0.1, 0.15) is 17.8 Å². The first-order valence-electron chi connectivity index (χ1n) is 11.1. The van der Waals surface area contributed by atoms with E-state index in [4.69, 9.17) is 4.74 Å². The average molecular weight is 521 g/mol. The van der Waals surface area contributed by atoms with Gasteiger partial charge in [-0.1, -0.05) is 30.3 Å². The first-order valence-corrected chi connectivity index (χ1v) is 11.9. The van der Waals surface area contributed by atoms with Crippen molar-refractivity contribution in [3.63, 3.8) is 0 Å². The lowest BCUT2D eigenvalue weighted by Gasteiger charge is -2.37. The number of halogens is 1. The number of hydrogen-bond acceptors (Lipinski definition) is 6. The van der Waals surface area contributed by atoms with Gasteiger partial charge in [-0.2, -0.15) is 5.10 Å². The second kappa shape index (κ2) is 9.15. The molecule has 0 radical (unpaired) electrons. The standard InChI is InChI=1S/C25H25BrN6O2/c1-16-13-30(2)9-10-32(16)25(33)34-22-11-18-21(12-20(22)26)27-15-28-24(18)19-14-31(3)29-23(19)17-7-5-4-6-8-17/h4-8,11-12,14-16H,9-10,13H2,1-3H3/t16-/m0/s1. The van der Waals surface area contributed by atoms with E-state index >= 15 is 0 Å². The van der Waals surface area contributed by atoms with Crippen molar-refractivity contribution in [2.75, 3.05) is 26.7 Å². The van der Waals surface area contributed by atoms with Gasteiger partial charge in [-0.3, -0.25) is 4.68 Å². The van der Waals surface area contributed by atoms with Crippen LogP contribution in [0.3, 0.4) is 0 Å². The number of aromatic nitrogens is 4. The van der Waals surface area contributed by atoms with E-state index < -0.39 is 0 Å². The van der Waals surface area contributed by atoms with Gasteiger partial charge >= 0.3 is 6.09 Å². The molecule has 34 heavy (non-hydrogen) atoms. The Morgan fingerprint density at radius 1 is 1.09 bits per heavy atom. The lowest BCUT2D eigenvalue weighted by molar-refractivity contribution is 0.0891. The molecule has 0 saturated carbocycles. The Hall–Kier alpha value is -3.30. The third-order valence-electron chi connectivity index (χ3n) is 6.08. The van der Waals surface area contributed by atoms with E-state index in [1.54, 1.807) is 15.9 Å². The van der Waals surface area contributed by atoms with Crippen LogP contribution in [-0.4, -0.2) is 68.4 Å². The number of rotatable bonds is 3. The molecule has 1 amide bonds. The molecule has 1 saturated heterocycles. The highest BCUT2D eigenvalue weighted by Gasteiger charge is 2.28. The highest BCUT2D eigenvalue weighted by atomic mass is 79.9. The summed E-state index contributed by atoms with van der Waals surface area (Å²) in [6, 6.07) is 13.8. The van der Waals surface area contributed by atoms with Gasteiger partial charge in [-0.15, -0.1) is 0 Å². The number of carbonyl (C=O) groups is 1. The van der Waals surface area contributed by atoms with Gasteiger partial charge in [-0.25, -0.2) is 14.8 Å². The maximum atomic E-state index is 13.0.